The van der Waals surface area contributed by atoms with Crippen LogP contribution in [0, 0.1) is 20.8 Å². The summed E-state index contributed by atoms with van der Waals surface area (Å²) in [7, 11) is 1.61. The van der Waals surface area contributed by atoms with E-state index in [4.69, 9.17) is 14.1 Å². The Morgan fingerprint density at radius 3 is 2.61 bits per heavy atom. The first kappa shape index (κ1) is 23.4. The lowest BCUT2D eigenvalue weighted by molar-refractivity contribution is 0.419. The molecule has 0 aliphatic rings. The molecule has 0 saturated heterocycles. The number of methoxy groups -OCH3 is 1. The molecule has 6 rings (SSSR count). The number of nitrogens with zero attached hydrogens (tertiary/aromatic N) is 5. The van der Waals surface area contributed by atoms with E-state index >= 15 is 0 Å². The highest BCUT2D eigenvalue weighted by atomic mass is 16.5. The highest BCUT2D eigenvalue weighted by Crippen LogP contribution is 2.33. The van der Waals surface area contributed by atoms with Gasteiger partial charge in [0.2, 0.25) is 5.82 Å². The van der Waals surface area contributed by atoms with Gasteiger partial charge in [-0.1, -0.05) is 24.3 Å². The summed E-state index contributed by atoms with van der Waals surface area (Å²) in [5, 5.41) is 5.89. The van der Waals surface area contributed by atoms with Gasteiger partial charge in [0.05, 0.1) is 29.6 Å². The Morgan fingerprint density at radius 2 is 1.82 bits per heavy atom. The number of hydrogen-bond donors (Lipinski definition) is 0. The minimum Gasteiger partial charge on any atom is -0.496 e. The summed E-state index contributed by atoms with van der Waals surface area (Å²) in [6.45, 7) is 6.03. The Labute approximate surface area is 218 Å². The Balaban J connectivity index is 1.52. The molecule has 0 amide bonds. The molecule has 0 unspecified atom stereocenters. The van der Waals surface area contributed by atoms with Crippen molar-refractivity contribution in [3.05, 3.63) is 106 Å². The Hall–Kier alpha value is -4.98. The van der Waals surface area contributed by atoms with Gasteiger partial charge in [-0.15, -0.1) is 0 Å². The minimum absolute atomic E-state index is 0.289. The van der Waals surface area contributed by atoms with Crippen molar-refractivity contribution in [2.75, 3.05) is 7.11 Å². The molecule has 0 N–H and O–H groups in total. The third-order valence-corrected chi connectivity index (χ3v) is 6.62. The summed E-state index contributed by atoms with van der Waals surface area (Å²) < 4.78 is 15.0. The van der Waals surface area contributed by atoms with E-state index in [0.29, 0.717) is 33.8 Å². The van der Waals surface area contributed by atoms with Gasteiger partial charge in [-0.05, 0) is 68.8 Å². The fraction of sp³-hybridized carbons (Fsp3) is 0.133. The molecule has 0 atom stereocenters. The van der Waals surface area contributed by atoms with Gasteiger partial charge in [0, 0.05) is 23.1 Å². The van der Waals surface area contributed by atoms with Crippen molar-refractivity contribution >= 4 is 28.1 Å². The second kappa shape index (κ2) is 9.15. The third kappa shape index (κ3) is 3.87. The van der Waals surface area contributed by atoms with E-state index in [1.807, 2.05) is 81.6 Å². The van der Waals surface area contributed by atoms with Crippen LogP contribution in [-0.4, -0.2) is 32.5 Å². The van der Waals surface area contributed by atoms with Gasteiger partial charge < -0.3 is 13.7 Å². The first-order valence-electron chi connectivity index (χ1n) is 12.2. The lowest BCUT2D eigenvalue weighted by atomic mass is 10.2. The molecule has 2 aromatic carbocycles. The Morgan fingerprint density at radius 1 is 0.974 bits per heavy atom. The van der Waals surface area contributed by atoms with E-state index < -0.39 is 0 Å². The molecule has 6 aromatic rings. The first-order chi connectivity index (χ1) is 18.4. The van der Waals surface area contributed by atoms with Gasteiger partial charge in [0.25, 0.3) is 5.56 Å². The minimum atomic E-state index is -0.289. The van der Waals surface area contributed by atoms with Crippen molar-refractivity contribution in [1.29, 1.82) is 0 Å². The molecule has 0 aliphatic carbocycles. The Kier molecular flexibility index (Phi) is 5.64. The number of aryl methyl sites for hydroxylation is 2. The topological polar surface area (TPSA) is 87.4 Å². The van der Waals surface area contributed by atoms with Crippen LogP contribution in [0.1, 0.15) is 22.5 Å². The number of benzene rings is 2. The van der Waals surface area contributed by atoms with Gasteiger partial charge >= 0.3 is 0 Å². The fourth-order valence-electron chi connectivity index (χ4n) is 4.70. The predicted octanol–water partition coefficient (Wildman–Crippen LogP) is 5.81. The van der Waals surface area contributed by atoms with Crippen LogP contribution in [0.3, 0.4) is 0 Å². The van der Waals surface area contributed by atoms with Gasteiger partial charge in [-0.25, -0.2) is 9.97 Å². The molecule has 0 spiro atoms. The van der Waals surface area contributed by atoms with Gasteiger partial charge in [-0.3, -0.25) is 4.79 Å². The summed E-state index contributed by atoms with van der Waals surface area (Å²) in [6, 6.07) is 20.6. The smallest absolute Gasteiger partial charge is 0.282 e. The standard InChI is InChI=1S/C30H25N5O3/c1-18-12-13-28(31-16-18)34-19(2)14-21(20(34)3)17-32-35-29(33-24-9-6-5-8-22(24)30(35)36)27-15-23-25(37-4)10-7-11-26(23)38-27/h5-17H,1-4H3. The normalized spacial score (nSPS) is 11.7. The van der Waals surface area contributed by atoms with Crippen molar-refractivity contribution in [3.63, 3.8) is 0 Å². The average Bonchev–Trinajstić information content (AvgIpc) is 3.49. The van der Waals surface area contributed by atoms with E-state index in [2.05, 4.69) is 14.7 Å². The molecule has 0 saturated carbocycles. The fourth-order valence-corrected chi connectivity index (χ4v) is 4.70. The van der Waals surface area contributed by atoms with Gasteiger partial charge in [0.1, 0.15) is 17.2 Å². The largest absolute Gasteiger partial charge is 0.496 e. The molecule has 38 heavy (non-hydrogen) atoms. The second-order valence-electron chi connectivity index (χ2n) is 9.15. The number of rotatable bonds is 5. The summed E-state index contributed by atoms with van der Waals surface area (Å²) >= 11 is 0. The third-order valence-electron chi connectivity index (χ3n) is 6.62. The number of fused-ring (bicyclic) bond motifs is 2. The van der Waals surface area contributed by atoms with Crippen LogP contribution in [0.4, 0.5) is 0 Å². The van der Waals surface area contributed by atoms with Crippen LogP contribution in [0.2, 0.25) is 0 Å². The number of ether oxygens (including phenoxy) is 1. The summed E-state index contributed by atoms with van der Waals surface area (Å²) in [5.41, 5.74) is 4.83. The monoisotopic (exact) mass is 503 g/mol. The molecule has 4 heterocycles. The van der Waals surface area contributed by atoms with Gasteiger partial charge in [0.15, 0.2) is 5.76 Å². The maximum atomic E-state index is 13.6. The first-order valence-corrected chi connectivity index (χ1v) is 12.2. The van der Waals surface area contributed by atoms with E-state index in [-0.39, 0.29) is 5.56 Å². The Bertz CT molecular complexity index is 1910. The highest BCUT2D eigenvalue weighted by molar-refractivity contribution is 5.89. The average molecular weight is 504 g/mol. The van der Waals surface area contributed by atoms with Crippen molar-refractivity contribution < 1.29 is 9.15 Å². The van der Waals surface area contributed by atoms with Crippen LogP contribution in [0.15, 0.2) is 87.2 Å². The zero-order valence-corrected chi connectivity index (χ0v) is 21.5. The molecule has 8 heteroatoms. The predicted molar refractivity (Wildman–Crippen MR) is 149 cm³/mol. The SMILES string of the molecule is COc1cccc2oc(-c3nc4ccccc4c(=O)n3N=Cc3cc(C)n(-c4ccc(C)cn4)c3C)cc12. The molecule has 4 aromatic heterocycles. The quantitative estimate of drug-likeness (QED) is 0.277. The van der Waals surface area contributed by atoms with Gasteiger partial charge in [-0.2, -0.15) is 9.78 Å². The van der Waals surface area contributed by atoms with Crippen molar-refractivity contribution in [1.82, 2.24) is 19.2 Å². The summed E-state index contributed by atoms with van der Waals surface area (Å²) in [5.74, 6) is 2.22. The molecule has 0 aliphatic heterocycles. The van der Waals surface area contributed by atoms with E-state index in [1.165, 1.54) is 4.68 Å². The number of hydrogen-bond acceptors (Lipinski definition) is 6. The number of para-hydroxylation sites is 1. The number of furan rings is 1. The summed E-state index contributed by atoms with van der Waals surface area (Å²) in [4.78, 5) is 23.0. The molecule has 0 fully saturated rings. The van der Waals surface area contributed by atoms with Crippen LogP contribution in [0.5, 0.6) is 5.75 Å². The molecule has 0 bridgehead atoms. The highest BCUT2D eigenvalue weighted by Gasteiger charge is 2.18. The van der Waals surface area contributed by atoms with Crippen molar-refractivity contribution in [3.8, 4) is 23.2 Å². The van der Waals surface area contributed by atoms with E-state index in [1.54, 1.807) is 25.5 Å². The lowest BCUT2D eigenvalue weighted by Crippen LogP contribution is -2.20. The van der Waals surface area contributed by atoms with E-state index in [9.17, 15) is 4.79 Å². The molecular weight excluding hydrogens is 478 g/mol. The van der Waals surface area contributed by atoms with Crippen molar-refractivity contribution in [2.45, 2.75) is 20.8 Å². The maximum Gasteiger partial charge on any atom is 0.282 e. The summed E-state index contributed by atoms with van der Waals surface area (Å²) in [6.07, 6.45) is 3.52. The zero-order chi connectivity index (χ0) is 26.4. The molecular formula is C30H25N5O3. The van der Waals surface area contributed by atoms with Crippen molar-refractivity contribution in [2.24, 2.45) is 5.10 Å². The van der Waals surface area contributed by atoms with E-state index in [0.717, 1.165) is 33.7 Å². The zero-order valence-electron chi connectivity index (χ0n) is 21.5. The van der Waals surface area contributed by atoms with Crippen LogP contribution in [0.25, 0.3) is 39.3 Å². The number of pyridine rings is 1. The maximum absolute atomic E-state index is 13.6. The molecule has 188 valence electrons. The molecule has 0 radical (unpaired) electrons. The van der Waals surface area contributed by atoms with Crippen LogP contribution in [-0.2, 0) is 0 Å². The van der Waals surface area contributed by atoms with Crippen LogP contribution >= 0.6 is 0 Å². The lowest BCUT2D eigenvalue weighted by Gasteiger charge is -2.09. The number of aromatic nitrogens is 4. The molecule has 8 nitrogen and oxygen atoms in total. The van der Waals surface area contributed by atoms with Crippen LogP contribution < -0.4 is 10.3 Å². The second-order valence-corrected chi connectivity index (χ2v) is 9.15.